The number of sulfone groups is 1. The molecule has 0 saturated heterocycles. The molecule has 2 amide bonds. The van der Waals surface area contributed by atoms with Crippen LogP contribution in [0.4, 0.5) is 11.4 Å². The van der Waals surface area contributed by atoms with E-state index in [9.17, 15) is 22.8 Å². The lowest BCUT2D eigenvalue weighted by Gasteiger charge is -2.16. The van der Waals surface area contributed by atoms with Crippen LogP contribution in [0.15, 0.2) is 48.5 Å². The largest absolute Gasteiger partial charge is 0.492 e. The third-order valence-corrected chi connectivity index (χ3v) is 6.53. The molecule has 166 valence electrons. The second kappa shape index (κ2) is 10.7. The molecule has 0 spiro atoms. The van der Waals surface area contributed by atoms with Crippen molar-refractivity contribution in [3.63, 3.8) is 0 Å². The minimum atomic E-state index is -4.08. The highest BCUT2D eigenvalue weighted by Gasteiger charge is 2.33. The van der Waals surface area contributed by atoms with Crippen molar-refractivity contribution < 1.29 is 27.5 Å². The molecule has 2 aromatic rings. The number of hydrogen-bond acceptors (Lipinski definition) is 6. The molecule has 0 saturated carbocycles. The van der Waals surface area contributed by atoms with Gasteiger partial charge in [0.15, 0.2) is 15.6 Å². The molecule has 8 nitrogen and oxygen atoms in total. The highest BCUT2D eigenvalue weighted by Crippen LogP contribution is 2.24. The number of anilines is 2. The summed E-state index contributed by atoms with van der Waals surface area (Å²) in [7, 11) is -4.08. The number of nitrogens with one attached hydrogen (secondary N) is 2. The summed E-state index contributed by atoms with van der Waals surface area (Å²) in [6.45, 7) is 5.16. The van der Waals surface area contributed by atoms with Crippen LogP contribution in [0.5, 0.6) is 5.75 Å². The first-order valence-corrected chi connectivity index (χ1v) is 11.5. The summed E-state index contributed by atoms with van der Waals surface area (Å²) in [6.07, 6.45) is 0.00249. The number of rotatable bonds is 10. The van der Waals surface area contributed by atoms with Gasteiger partial charge < -0.3 is 15.4 Å². The van der Waals surface area contributed by atoms with E-state index in [2.05, 4.69) is 10.6 Å². The van der Waals surface area contributed by atoms with Crippen LogP contribution in [0.2, 0.25) is 0 Å². The van der Waals surface area contributed by atoms with E-state index in [-0.39, 0.29) is 12.2 Å². The fourth-order valence-corrected chi connectivity index (χ4v) is 4.47. The van der Waals surface area contributed by atoms with Crippen molar-refractivity contribution in [2.75, 3.05) is 23.0 Å². The predicted molar refractivity (Wildman–Crippen MR) is 119 cm³/mol. The van der Waals surface area contributed by atoms with Crippen LogP contribution in [0.25, 0.3) is 0 Å². The van der Waals surface area contributed by atoms with Gasteiger partial charge in [-0.05, 0) is 56.7 Å². The summed E-state index contributed by atoms with van der Waals surface area (Å²) >= 11 is 0. The lowest BCUT2D eigenvalue weighted by molar-refractivity contribution is -0.115. The van der Waals surface area contributed by atoms with Crippen LogP contribution >= 0.6 is 0 Å². The third kappa shape index (κ3) is 6.65. The molecule has 0 aromatic heterocycles. The standard InChI is InChI=1S/C22H26N2O6S/c1-4-20(22(27)23-17-12-10-16(11-13-17)15(3)25)31(28,29)14-21(26)24-18-8-6-7-9-19(18)30-5-2/h6-13,20H,4-5,14H2,1-3H3,(H,23,27)(H,24,26). The summed E-state index contributed by atoms with van der Waals surface area (Å²) in [6, 6.07) is 12.8. The normalized spacial score (nSPS) is 12.0. The Morgan fingerprint density at radius 3 is 2.19 bits per heavy atom. The molecule has 0 aliphatic carbocycles. The van der Waals surface area contributed by atoms with Gasteiger partial charge in [-0.1, -0.05) is 19.1 Å². The van der Waals surface area contributed by atoms with E-state index >= 15 is 0 Å². The maximum Gasteiger partial charge on any atom is 0.242 e. The second-order valence-corrected chi connectivity index (χ2v) is 8.99. The minimum Gasteiger partial charge on any atom is -0.492 e. The Morgan fingerprint density at radius 2 is 1.61 bits per heavy atom. The number of ether oxygens (including phenoxy) is 1. The Balaban J connectivity index is 2.08. The van der Waals surface area contributed by atoms with Crippen molar-refractivity contribution in [1.82, 2.24) is 0 Å². The molecule has 2 aromatic carbocycles. The van der Waals surface area contributed by atoms with Crippen molar-refractivity contribution in [3.8, 4) is 5.75 Å². The zero-order valence-corrected chi connectivity index (χ0v) is 18.5. The molecule has 0 fully saturated rings. The van der Waals surface area contributed by atoms with Crippen molar-refractivity contribution in [2.24, 2.45) is 0 Å². The van der Waals surface area contributed by atoms with Gasteiger partial charge in [0.05, 0.1) is 12.3 Å². The van der Waals surface area contributed by atoms with Gasteiger partial charge in [-0.3, -0.25) is 14.4 Å². The van der Waals surface area contributed by atoms with E-state index in [1.165, 1.54) is 31.2 Å². The summed E-state index contributed by atoms with van der Waals surface area (Å²) < 4.78 is 30.9. The van der Waals surface area contributed by atoms with Gasteiger partial charge in [0.2, 0.25) is 11.8 Å². The van der Waals surface area contributed by atoms with E-state index in [1.54, 1.807) is 38.1 Å². The lowest BCUT2D eigenvalue weighted by atomic mass is 10.1. The van der Waals surface area contributed by atoms with Gasteiger partial charge >= 0.3 is 0 Å². The molecule has 1 atom stereocenters. The van der Waals surface area contributed by atoms with Crippen molar-refractivity contribution in [3.05, 3.63) is 54.1 Å². The summed E-state index contributed by atoms with van der Waals surface area (Å²) in [4.78, 5) is 36.3. The van der Waals surface area contributed by atoms with E-state index in [4.69, 9.17) is 4.74 Å². The average Bonchev–Trinajstić information content (AvgIpc) is 2.69. The second-order valence-electron chi connectivity index (χ2n) is 6.80. The van der Waals surface area contributed by atoms with Gasteiger partial charge in [-0.15, -0.1) is 0 Å². The van der Waals surface area contributed by atoms with Crippen molar-refractivity contribution in [2.45, 2.75) is 32.4 Å². The average molecular weight is 447 g/mol. The van der Waals surface area contributed by atoms with Gasteiger partial charge in [0, 0.05) is 11.3 Å². The van der Waals surface area contributed by atoms with Gasteiger partial charge in [-0.25, -0.2) is 8.42 Å². The molecular weight excluding hydrogens is 420 g/mol. The van der Waals surface area contributed by atoms with E-state index in [0.717, 1.165) is 0 Å². The number of hydrogen-bond donors (Lipinski definition) is 2. The molecule has 0 aliphatic rings. The third-order valence-electron chi connectivity index (χ3n) is 4.45. The Morgan fingerprint density at radius 1 is 0.968 bits per heavy atom. The highest BCUT2D eigenvalue weighted by molar-refractivity contribution is 7.93. The first-order valence-electron chi connectivity index (χ1n) is 9.83. The van der Waals surface area contributed by atoms with E-state index < -0.39 is 32.7 Å². The molecule has 31 heavy (non-hydrogen) atoms. The number of para-hydroxylation sites is 2. The maximum absolute atomic E-state index is 12.8. The Kier molecular flexibility index (Phi) is 8.32. The Bertz CT molecular complexity index is 1050. The van der Waals surface area contributed by atoms with Crippen LogP contribution in [0.3, 0.4) is 0 Å². The predicted octanol–water partition coefficient (Wildman–Crippen LogP) is 3.06. The number of Topliss-reactive ketones (excluding diaryl/α,β-unsaturated/α-hetero) is 1. The molecule has 2 N–H and O–H groups in total. The number of benzene rings is 2. The Hall–Kier alpha value is -3.20. The molecule has 0 radical (unpaired) electrons. The van der Waals surface area contributed by atoms with Gasteiger partial charge in [-0.2, -0.15) is 0 Å². The molecule has 0 heterocycles. The number of carbonyl (C=O) groups is 3. The zero-order valence-electron chi connectivity index (χ0n) is 17.7. The SMILES string of the molecule is CCOc1ccccc1NC(=O)CS(=O)(=O)C(CC)C(=O)Nc1ccc(C(C)=O)cc1. The molecule has 0 bridgehead atoms. The smallest absolute Gasteiger partial charge is 0.242 e. The van der Waals surface area contributed by atoms with E-state index in [0.29, 0.717) is 29.3 Å². The first-order chi connectivity index (χ1) is 14.7. The molecule has 0 aliphatic heterocycles. The quantitative estimate of drug-likeness (QED) is 0.542. The molecular formula is C22H26N2O6S. The van der Waals surface area contributed by atoms with Crippen LogP contribution in [0, 0.1) is 0 Å². The number of ketones is 1. The van der Waals surface area contributed by atoms with E-state index in [1.807, 2.05) is 0 Å². The fourth-order valence-electron chi connectivity index (χ4n) is 2.93. The maximum atomic E-state index is 12.8. The molecule has 9 heteroatoms. The first kappa shape index (κ1) is 24.1. The van der Waals surface area contributed by atoms with Crippen LogP contribution in [0.1, 0.15) is 37.6 Å². The molecule has 2 rings (SSSR count). The van der Waals surface area contributed by atoms with Gasteiger partial charge in [0.1, 0.15) is 16.8 Å². The summed E-state index contributed by atoms with van der Waals surface area (Å²) in [5, 5.41) is 3.67. The van der Waals surface area contributed by atoms with Gasteiger partial charge in [0.25, 0.3) is 0 Å². The summed E-state index contributed by atoms with van der Waals surface area (Å²) in [5.74, 6) is -2.04. The zero-order chi connectivity index (χ0) is 23.0. The molecule has 1 unspecified atom stereocenters. The fraction of sp³-hybridized carbons (Fsp3) is 0.318. The number of amides is 2. The van der Waals surface area contributed by atoms with Crippen molar-refractivity contribution >= 4 is 38.8 Å². The lowest BCUT2D eigenvalue weighted by Crippen LogP contribution is -2.39. The van der Waals surface area contributed by atoms with Crippen LogP contribution in [-0.2, 0) is 19.4 Å². The topological polar surface area (TPSA) is 119 Å². The number of carbonyl (C=O) groups excluding carboxylic acids is 3. The minimum absolute atomic E-state index is 0.00249. The monoisotopic (exact) mass is 446 g/mol. The Labute approximate surface area is 181 Å². The van der Waals surface area contributed by atoms with Crippen molar-refractivity contribution in [1.29, 1.82) is 0 Å². The highest BCUT2D eigenvalue weighted by atomic mass is 32.2. The van der Waals surface area contributed by atoms with Crippen LogP contribution < -0.4 is 15.4 Å². The summed E-state index contributed by atoms with van der Waals surface area (Å²) in [5.41, 5.74) is 1.19. The van der Waals surface area contributed by atoms with Crippen LogP contribution in [-0.4, -0.2) is 43.6 Å².